The lowest BCUT2D eigenvalue weighted by Crippen LogP contribution is -2.48. The number of nitrogens with one attached hydrogen (secondary N) is 1. The van der Waals surface area contributed by atoms with E-state index >= 15 is 0 Å². The normalized spacial score (nSPS) is 19.0. The number of halogens is 1. The third kappa shape index (κ3) is 4.45. The van der Waals surface area contributed by atoms with Gasteiger partial charge in [0, 0.05) is 37.6 Å². The van der Waals surface area contributed by atoms with Crippen molar-refractivity contribution >= 4 is 17.5 Å². The smallest absolute Gasteiger partial charge is 0.227 e. The molecule has 1 atom stereocenters. The standard InChI is InChI=1S/C17H24ClNO3/c1-12(2)15(13-4-3-5-14(18)10-13)16(20)19-11-17(21)6-8-22-9-7-17/h3-5,10,12,15,21H,6-9,11H2,1-2H3,(H,19,20). The zero-order valence-corrected chi connectivity index (χ0v) is 13.9. The fourth-order valence-electron chi connectivity index (χ4n) is 2.83. The quantitative estimate of drug-likeness (QED) is 0.875. The molecule has 1 aliphatic heterocycles. The van der Waals surface area contributed by atoms with Gasteiger partial charge >= 0.3 is 0 Å². The molecule has 1 unspecified atom stereocenters. The van der Waals surface area contributed by atoms with E-state index in [1.54, 1.807) is 6.07 Å². The van der Waals surface area contributed by atoms with Crippen LogP contribution in [0, 0.1) is 5.92 Å². The summed E-state index contributed by atoms with van der Waals surface area (Å²) >= 11 is 6.03. The lowest BCUT2D eigenvalue weighted by Gasteiger charge is -2.33. The Kier molecular flexibility index (Phi) is 5.84. The van der Waals surface area contributed by atoms with Gasteiger partial charge in [-0.1, -0.05) is 37.6 Å². The molecule has 4 nitrogen and oxygen atoms in total. The van der Waals surface area contributed by atoms with E-state index in [-0.39, 0.29) is 24.3 Å². The summed E-state index contributed by atoms with van der Waals surface area (Å²) in [6.45, 7) is 5.35. The van der Waals surface area contributed by atoms with Gasteiger partial charge in [0.25, 0.3) is 0 Å². The molecule has 0 aliphatic carbocycles. The van der Waals surface area contributed by atoms with Crippen molar-refractivity contribution in [3.8, 4) is 0 Å². The molecular weight excluding hydrogens is 302 g/mol. The van der Waals surface area contributed by atoms with Crippen LogP contribution in [0.25, 0.3) is 0 Å². The highest BCUT2D eigenvalue weighted by atomic mass is 35.5. The molecule has 1 heterocycles. The SMILES string of the molecule is CC(C)C(C(=O)NCC1(O)CCOCC1)c1cccc(Cl)c1. The Balaban J connectivity index is 2.04. The van der Waals surface area contributed by atoms with Crippen LogP contribution in [0.3, 0.4) is 0 Å². The fourth-order valence-corrected chi connectivity index (χ4v) is 3.03. The number of benzene rings is 1. The molecule has 2 rings (SSSR count). The van der Waals surface area contributed by atoms with Gasteiger partial charge in [-0.05, 0) is 23.6 Å². The van der Waals surface area contributed by atoms with Crippen molar-refractivity contribution in [1.82, 2.24) is 5.32 Å². The van der Waals surface area contributed by atoms with Crippen molar-refractivity contribution in [1.29, 1.82) is 0 Å². The molecule has 2 N–H and O–H groups in total. The molecular formula is C17H24ClNO3. The van der Waals surface area contributed by atoms with E-state index in [9.17, 15) is 9.90 Å². The minimum absolute atomic E-state index is 0.0721. The first-order valence-electron chi connectivity index (χ1n) is 7.75. The van der Waals surface area contributed by atoms with Crippen LogP contribution < -0.4 is 5.32 Å². The van der Waals surface area contributed by atoms with Crippen molar-refractivity contribution in [2.75, 3.05) is 19.8 Å². The summed E-state index contributed by atoms with van der Waals surface area (Å²) in [5.74, 6) is -0.206. The summed E-state index contributed by atoms with van der Waals surface area (Å²) in [5, 5.41) is 14.0. The number of amides is 1. The summed E-state index contributed by atoms with van der Waals surface area (Å²) in [5.41, 5.74) is 0.0445. The highest BCUT2D eigenvalue weighted by Crippen LogP contribution is 2.27. The van der Waals surface area contributed by atoms with Crippen molar-refractivity contribution in [3.63, 3.8) is 0 Å². The monoisotopic (exact) mass is 325 g/mol. The first-order valence-corrected chi connectivity index (χ1v) is 8.12. The zero-order valence-electron chi connectivity index (χ0n) is 13.1. The third-order valence-corrected chi connectivity index (χ3v) is 4.41. The Labute approximate surface area is 136 Å². The molecule has 1 amide bonds. The molecule has 1 aliphatic rings. The summed E-state index contributed by atoms with van der Waals surface area (Å²) in [6, 6.07) is 7.39. The Morgan fingerprint density at radius 3 is 2.68 bits per heavy atom. The van der Waals surface area contributed by atoms with Crippen molar-refractivity contribution in [2.24, 2.45) is 5.92 Å². The largest absolute Gasteiger partial charge is 0.388 e. The van der Waals surface area contributed by atoms with Gasteiger partial charge in [-0.2, -0.15) is 0 Å². The van der Waals surface area contributed by atoms with E-state index in [0.717, 1.165) is 5.56 Å². The van der Waals surface area contributed by atoms with Gasteiger partial charge in [-0.15, -0.1) is 0 Å². The van der Waals surface area contributed by atoms with Gasteiger partial charge in [-0.3, -0.25) is 4.79 Å². The number of aliphatic hydroxyl groups is 1. The Morgan fingerprint density at radius 2 is 2.09 bits per heavy atom. The van der Waals surface area contributed by atoms with E-state index in [2.05, 4.69) is 5.32 Å². The molecule has 1 saturated heterocycles. The highest BCUT2D eigenvalue weighted by Gasteiger charge is 2.32. The second-order valence-corrected chi connectivity index (χ2v) is 6.77. The average Bonchev–Trinajstić information content (AvgIpc) is 2.46. The number of carbonyl (C=O) groups is 1. The molecule has 0 bridgehead atoms. The second kappa shape index (κ2) is 7.44. The Bertz CT molecular complexity index is 512. The molecule has 0 radical (unpaired) electrons. The molecule has 122 valence electrons. The maximum atomic E-state index is 12.6. The number of ether oxygens (including phenoxy) is 1. The number of carbonyl (C=O) groups excluding carboxylic acids is 1. The Hall–Kier alpha value is -1.10. The predicted molar refractivity (Wildman–Crippen MR) is 87.0 cm³/mol. The maximum Gasteiger partial charge on any atom is 0.227 e. The minimum atomic E-state index is -0.857. The van der Waals surface area contributed by atoms with Crippen LogP contribution in [-0.4, -0.2) is 36.4 Å². The van der Waals surface area contributed by atoms with Crippen molar-refractivity contribution in [3.05, 3.63) is 34.9 Å². The van der Waals surface area contributed by atoms with Crippen LogP contribution in [0.4, 0.5) is 0 Å². The first kappa shape index (κ1) is 17.3. The molecule has 22 heavy (non-hydrogen) atoms. The van der Waals surface area contributed by atoms with E-state index in [1.165, 1.54) is 0 Å². The summed E-state index contributed by atoms with van der Waals surface area (Å²) in [6.07, 6.45) is 1.10. The van der Waals surface area contributed by atoms with Crippen LogP contribution in [0.1, 0.15) is 38.2 Å². The first-order chi connectivity index (χ1) is 10.4. The topological polar surface area (TPSA) is 58.6 Å². The summed E-state index contributed by atoms with van der Waals surface area (Å²) in [4.78, 5) is 12.6. The van der Waals surface area contributed by atoms with Crippen LogP contribution in [0.2, 0.25) is 5.02 Å². The zero-order chi connectivity index (χ0) is 16.2. The van der Waals surface area contributed by atoms with Crippen LogP contribution >= 0.6 is 11.6 Å². The molecule has 5 heteroatoms. The molecule has 1 aromatic rings. The molecule has 1 fully saturated rings. The number of rotatable bonds is 5. The Morgan fingerprint density at radius 1 is 1.41 bits per heavy atom. The summed E-state index contributed by atoms with van der Waals surface area (Å²) < 4.78 is 5.25. The van der Waals surface area contributed by atoms with Crippen molar-refractivity contribution in [2.45, 2.75) is 38.2 Å². The van der Waals surface area contributed by atoms with E-state index in [0.29, 0.717) is 31.1 Å². The number of hydrogen-bond acceptors (Lipinski definition) is 3. The minimum Gasteiger partial charge on any atom is -0.388 e. The van der Waals surface area contributed by atoms with Crippen LogP contribution in [-0.2, 0) is 9.53 Å². The third-order valence-electron chi connectivity index (χ3n) is 4.17. The molecule has 0 spiro atoms. The van der Waals surface area contributed by atoms with Gasteiger partial charge in [-0.25, -0.2) is 0 Å². The van der Waals surface area contributed by atoms with Crippen LogP contribution in [0.15, 0.2) is 24.3 Å². The fraction of sp³-hybridized carbons (Fsp3) is 0.588. The molecule has 0 saturated carbocycles. The van der Waals surface area contributed by atoms with Gasteiger partial charge in [0.2, 0.25) is 5.91 Å². The van der Waals surface area contributed by atoms with E-state index in [4.69, 9.17) is 16.3 Å². The molecule has 1 aromatic carbocycles. The van der Waals surface area contributed by atoms with Gasteiger partial charge in [0.1, 0.15) is 0 Å². The second-order valence-electron chi connectivity index (χ2n) is 6.33. The lowest BCUT2D eigenvalue weighted by molar-refractivity contribution is -0.126. The number of hydrogen-bond donors (Lipinski definition) is 2. The lowest BCUT2D eigenvalue weighted by atomic mass is 9.87. The van der Waals surface area contributed by atoms with E-state index in [1.807, 2.05) is 32.0 Å². The molecule has 0 aromatic heterocycles. The maximum absolute atomic E-state index is 12.6. The van der Waals surface area contributed by atoms with Crippen LogP contribution in [0.5, 0.6) is 0 Å². The van der Waals surface area contributed by atoms with Gasteiger partial charge < -0.3 is 15.2 Å². The summed E-state index contributed by atoms with van der Waals surface area (Å²) in [7, 11) is 0. The highest BCUT2D eigenvalue weighted by molar-refractivity contribution is 6.30. The van der Waals surface area contributed by atoms with E-state index < -0.39 is 5.60 Å². The predicted octanol–water partition coefficient (Wildman–Crippen LogP) is 2.74. The van der Waals surface area contributed by atoms with Gasteiger partial charge in [0.05, 0.1) is 11.5 Å². The van der Waals surface area contributed by atoms with Gasteiger partial charge in [0.15, 0.2) is 0 Å². The average molecular weight is 326 g/mol. The van der Waals surface area contributed by atoms with Crippen molar-refractivity contribution < 1.29 is 14.6 Å².